The Kier molecular flexibility index (Phi) is 10.1. The molecule has 0 aliphatic heterocycles. The van der Waals surface area contributed by atoms with E-state index in [0.29, 0.717) is 5.02 Å². The van der Waals surface area contributed by atoms with Gasteiger partial charge >= 0.3 is 0 Å². The maximum atomic E-state index is 14.0. The van der Waals surface area contributed by atoms with Crippen molar-refractivity contribution < 1.29 is 18.0 Å². The van der Waals surface area contributed by atoms with Crippen molar-refractivity contribution >= 4 is 55.1 Å². The Morgan fingerprint density at radius 2 is 1.65 bits per heavy atom. The van der Waals surface area contributed by atoms with E-state index in [1.165, 1.54) is 23.1 Å². The third-order valence-corrected chi connectivity index (χ3v) is 8.93. The lowest BCUT2D eigenvalue weighted by molar-refractivity contribution is -0.140. The maximum Gasteiger partial charge on any atom is 0.264 e. The summed E-state index contributed by atoms with van der Waals surface area (Å²) in [6.07, 6.45) is 0. The Morgan fingerprint density at radius 1 is 1.00 bits per heavy atom. The van der Waals surface area contributed by atoms with Crippen LogP contribution in [0.4, 0.5) is 5.69 Å². The van der Waals surface area contributed by atoms with Crippen molar-refractivity contribution in [2.24, 2.45) is 0 Å². The number of hydrogen-bond donors (Lipinski definition) is 1. The van der Waals surface area contributed by atoms with Crippen LogP contribution >= 0.6 is 27.5 Å². The van der Waals surface area contributed by atoms with Crippen molar-refractivity contribution in [1.82, 2.24) is 10.2 Å². The fourth-order valence-electron chi connectivity index (χ4n) is 3.99. The molecule has 3 aromatic carbocycles. The molecule has 0 spiro atoms. The van der Waals surface area contributed by atoms with E-state index in [-0.39, 0.29) is 23.0 Å². The van der Waals surface area contributed by atoms with Crippen LogP contribution in [0.15, 0.2) is 76.1 Å². The molecule has 2 amide bonds. The summed E-state index contributed by atoms with van der Waals surface area (Å²) in [4.78, 5) is 28.6. The molecule has 7 nitrogen and oxygen atoms in total. The summed E-state index contributed by atoms with van der Waals surface area (Å²) in [5.41, 5.74) is 2.19. The van der Waals surface area contributed by atoms with Crippen LogP contribution in [0.2, 0.25) is 5.02 Å². The molecule has 214 valence electrons. The van der Waals surface area contributed by atoms with Gasteiger partial charge in [-0.15, -0.1) is 0 Å². The van der Waals surface area contributed by atoms with E-state index in [0.717, 1.165) is 25.5 Å². The summed E-state index contributed by atoms with van der Waals surface area (Å²) in [5.74, 6) is -0.883. The Morgan fingerprint density at radius 3 is 2.23 bits per heavy atom. The van der Waals surface area contributed by atoms with Gasteiger partial charge in [-0.3, -0.25) is 13.9 Å². The first-order valence-electron chi connectivity index (χ1n) is 12.8. The van der Waals surface area contributed by atoms with Gasteiger partial charge in [-0.1, -0.05) is 63.4 Å². The predicted octanol–water partition coefficient (Wildman–Crippen LogP) is 6.25. The van der Waals surface area contributed by atoms with Crippen LogP contribution in [-0.2, 0) is 26.2 Å². The molecule has 0 aliphatic carbocycles. The quantitative estimate of drug-likeness (QED) is 0.297. The molecule has 1 N–H and O–H groups in total. The number of nitrogens with one attached hydrogen (secondary N) is 1. The fourth-order valence-corrected chi connectivity index (χ4v) is 6.02. The van der Waals surface area contributed by atoms with Crippen LogP contribution in [0.5, 0.6) is 0 Å². The maximum absolute atomic E-state index is 14.0. The first-order chi connectivity index (χ1) is 18.6. The Bertz CT molecular complexity index is 1490. The third kappa shape index (κ3) is 8.08. The van der Waals surface area contributed by atoms with Gasteiger partial charge in [-0.2, -0.15) is 0 Å². The molecule has 1 atom stereocenters. The van der Waals surface area contributed by atoms with Gasteiger partial charge in [0.15, 0.2) is 0 Å². The van der Waals surface area contributed by atoms with E-state index in [4.69, 9.17) is 11.6 Å². The average molecular weight is 649 g/mol. The predicted molar refractivity (Wildman–Crippen MR) is 164 cm³/mol. The molecule has 0 saturated heterocycles. The van der Waals surface area contributed by atoms with E-state index < -0.39 is 34.1 Å². The van der Waals surface area contributed by atoms with Crippen LogP contribution in [-0.4, -0.2) is 43.3 Å². The summed E-state index contributed by atoms with van der Waals surface area (Å²) in [6.45, 7) is 10.4. The molecule has 10 heteroatoms. The molecule has 3 rings (SSSR count). The van der Waals surface area contributed by atoms with Crippen molar-refractivity contribution in [3.8, 4) is 0 Å². The minimum Gasteiger partial charge on any atom is -0.350 e. The highest BCUT2D eigenvalue weighted by atomic mass is 79.9. The lowest BCUT2D eigenvalue weighted by Crippen LogP contribution is -2.54. The second-order valence-electron chi connectivity index (χ2n) is 10.8. The number of benzene rings is 3. The zero-order valence-electron chi connectivity index (χ0n) is 23.5. The number of hydrogen-bond acceptors (Lipinski definition) is 4. The summed E-state index contributed by atoms with van der Waals surface area (Å²) in [5, 5.41) is 3.29. The van der Waals surface area contributed by atoms with Gasteiger partial charge in [0.05, 0.1) is 10.6 Å². The van der Waals surface area contributed by atoms with Crippen molar-refractivity contribution in [3.63, 3.8) is 0 Å². The van der Waals surface area contributed by atoms with Crippen molar-refractivity contribution in [1.29, 1.82) is 0 Å². The highest BCUT2D eigenvalue weighted by molar-refractivity contribution is 9.10. The molecule has 40 heavy (non-hydrogen) atoms. The summed E-state index contributed by atoms with van der Waals surface area (Å²) in [6, 6.07) is 17.8. The third-order valence-electron chi connectivity index (χ3n) is 6.24. The van der Waals surface area contributed by atoms with Crippen LogP contribution in [0.25, 0.3) is 0 Å². The highest BCUT2D eigenvalue weighted by Gasteiger charge is 2.33. The Balaban J connectivity index is 2.07. The zero-order chi connectivity index (χ0) is 29.8. The SMILES string of the molecule is Cc1ccc(S(=O)(=O)N(CC(=O)N(Cc2cccc(Br)c2)[C@@H](C)C(=O)NC(C)(C)C)c2ccc(C)c(Cl)c2)cc1. The van der Waals surface area contributed by atoms with Gasteiger partial charge in [0.25, 0.3) is 10.0 Å². The minimum absolute atomic E-state index is 0.0414. The monoisotopic (exact) mass is 647 g/mol. The first kappa shape index (κ1) is 31.6. The van der Waals surface area contributed by atoms with Gasteiger partial charge < -0.3 is 10.2 Å². The average Bonchev–Trinajstić information content (AvgIpc) is 2.86. The van der Waals surface area contributed by atoms with E-state index in [2.05, 4.69) is 21.2 Å². The Labute approximate surface area is 250 Å². The van der Waals surface area contributed by atoms with Crippen LogP contribution < -0.4 is 9.62 Å². The standard InChI is InChI=1S/C30H35BrClN3O4S/c1-20-10-14-26(15-11-20)40(38,39)35(25-13-12-21(2)27(32)17-25)19-28(36)34(18-23-8-7-9-24(31)16-23)22(3)29(37)33-30(4,5)6/h7-17,22H,18-19H2,1-6H3,(H,33,37)/t22-/m0/s1. The van der Waals surface area contributed by atoms with Crippen LogP contribution in [0, 0.1) is 13.8 Å². The first-order valence-corrected chi connectivity index (χ1v) is 15.4. The molecule has 0 saturated carbocycles. The number of carbonyl (C=O) groups excluding carboxylic acids is 2. The van der Waals surface area contributed by atoms with Gasteiger partial charge in [0.2, 0.25) is 11.8 Å². The molecule has 0 radical (unpaired) electrons. The van der Waals surface area contributed by atoms with Crippen molar-refractivity contribution in [2.45, 2.75) is 64.6 Å². The normalized spacial score (nSPS) is 12.5. The van der Waals surface area contributed by atoms with E-state index in [1.54, 1.807) is 31.2 Å². The topological polar surface area (TPSA) is 86.8 Å². The fraction of sp³-hybridized carbons (Fsp3) is 0.333. The number of nitrogens with zero attached hydrogens (tertiary/aromatic N) is 2. The van der Waals surface area contributed by atoms with Gasteiger partial charge in [-0.05, 0) is 89.1 Å². The van der Waals surface area contributed by atoms with E-state index in [9.17, 15) is 18.0 Å². The number of halogens is 2. The Hall–Kier alpha value is -2.88. The highest BCUT2D eigenvalue weighted by Crippen LogP contribution is 2.29. The minimum atomic E-state index is -4.16. The summed E-state index contributed by atoms with van der Waals surface area (Å²) < 4.78 is 29.7. The summed E-state index contributed by atoms with van der Waals surface area (Å²) >= 11 is 9.83. The second kappa shape index (κ2) is 12.7. The second-order valence-corrected chi connectivity index (χ2v) is 14.0. The van der Waals surface area contributed by atoms with E-state index >= 15 is 0 Å². The summed E-state index contributed by atoms with van der Waals surface area (Å²) in [7, 11) is -4.16. The molecule has 0 aliphatic rings. The van der Waals surface area contributed by atoms with Gasteiger partial charge in [0, 0.05) is 21.6 Å². The van der Waals surface area contributed by atoms with E-state index in [1.807, 2.05) is 58.9 Å². The van der Waals surface area contributed by atoms with Crippen molar-refractivity contribution in [3.05, 3.63) is 92.9 Å². The van der Waals surface area contributed by atoms with Gasteiger partial charge in [-0.25, -0.2) is 8.42 Å². The number of amides is 2. The molecule has 0 heterocycles. The molecular weight excluding hydrogens is 614 g/mol. The molecule has 0 unspecified atom stereocenters. The molecular formula is C30H35BrClN3O4S. The number of sulfonamides is 1. The molecule has 0 bridgehead atoms. The van der Waals surface area contributed by atoms with Crippen molar-refractivity contribution in [2.75, 3.05) is 10.8 Å². The number of anilines is 1. The molecule has 0 aromatic heterocycles. The smallest absolute Gasteiger partial charge is 0.264 e. The number of carbonyl (C=O) groups is 2. The number of aryl methyl sites for hydroxylation is 2. The molecule has 3 aromatic rings. The zero-order valence-corrected chi connectivity index (χ0v) is 26.7. The van der Waals surface area contributed by atoms with Gasteiger partial charge in [0.1, 0.15) is 12.6 Å². The number of rotatable bonds is 9. The largest absolute Gasteiger partial charge is 0.350 e. The van der Waals surface area contributed by atoms with Crippen LogP contribution in [0.3, 0.4) is 0 Å². The lowest BCUT2D eigenvalue weighted by atomic mass is 10.1. The van der Waals surface area contributed by atoms with Crippen LogP contribution in [0.1, 0.15) is 44.4 Å². The molecule has 0 fully saturated rings. The lowest BCUT2D eigenvalue weighted by Gasteiger charge is -2.33.